The third kappa shape index (κ3) is 115. The number of thioether (sulfide) groups is 2. The summed E-state index contributed by atoms with van der Waals surface area (Å²) in [5.74, 6) is 9.92. The molecule has 0 atom stereocenters. The topological polar surface area (TPSA) is 275 Å². The van der Waals surface area contributed by atoms with Gasteiger partial charge in [0.2, 0.25) is 11.2 Å². The molecule has 0 heterocycles. The van der Waals surface area contributed by atoms with E-state index in [-0.39, 0.29) is 53.8 Å². The molecule has 20 N–H and O–H groups in total. The van der Waals surface area contributed by atoms with Crippen LogP contribution in [0.25, 0.3) is 0 Å². The number of benzene rings is 2. The normalized spacial score (nSPS) is 11.4. The van der Waals surface area contributed by atoms with Crippen LogP contribution in [0.1, 0.15) is 239 Å². The van der Waals surface area contributed by atoms with E-state index >= 15 is 0 Å². The van der Waals surface area contributed by atoms with Gasteiger partial charge in [0.05, 0.1) is 22.2 Å². The minimum absolute atomic E-state index is 0. The van der Waals surface area contributed by atoms with Gasteiger partial charge in [0.1, 0.15) is 0 Å². The fraction of sp³-hybridized carbons (Fsp3) is 0.818. The summed E-state index contributed by atoms with van der Waals surface area (Å²) in [6, 6.07) is 11.9. The summed E-state index contributed by atoms with van der Waals surface area (Å²) in [6.07, 6.45) is 29.0. The molecule has 0 spiro atoms. The molecule has 2 aromatic carbocycles. The van der Waals surface area contributed by atoms with Gasteiger partial charge in [-0.3, -0.25) is 9.59 Å². The van der Waals surface area contributed by atoms with Crippen LogP contribution in [0.3, 0.4) is 0 Å². The molecule has 133 heavy (non-hydrogen) atoms. The van der Waals surface area contributed by atoms with Crippen LogP contribution in [-0.4, -0.2) is 283 Å². The van der Waals surface area contributed by atoms with Crippen molar-refractivity contribution in [3.05, 3.63) is 59.7 Å². The van der Waals surface area contributed by atoms with Gasteiger partial charge in [0.25, 0.3) is 11.8 Å². The molecule has 0 bridgehead atoms. The number of carbonyl (C=O) groups is 2. The molecule has 2 amide bonds. The van der Waals surface area contributed by atoms with Gasteiger partial charge in [-0.25, -0.2) is 0 Å². The highest BCUT2D eigenvalue weighted by molar-refractivity contribution is 8.24. The first-order chi connectivity index (χ1) is 61.8. The second-order valence-electron chi connectivity index (χ2n) is 32.9. The number of amides is 2. The van der Waals surface area contributed by atoms with Crippen LogP contribution >= 0.6 is 45.5 Å². The Balaban J connectivity index is -0.000000246. The van der Waals surface area contributed by atoms with Crippen molar-refractivity contribution in [3.63, 3.8) is 0 Å². The SMILES string of the molecule is C.C.C.C.C.C#CC(=O)NCCCNCCCNCCCNC(=O)C#C.CC(C)(C)CCNCCCNCCCNCCCNCC(F)(F)F.CCC(CC)CNCCCNCCCNCCCNCC(CC)CC.CCSCCNCCCNCCCNCCCNCCSCC.CS(F)(F)c1ccc(CNCCCNCCCNCCCNCc2ccc(S(F)(F)F)cc2)cc1. The van der Waals surface area contributed by atoms with Crippen LogP contribution in [0.5, 0.6) is 0 Å². The molecule has 34 heteroatoms. The van der Waals surface area contributed by atoms with E-state index in [4.69, 9.17) is 12.8 Å². The van der Waals surface area contributed by atoms with E-state index in [1.807, 2.05) is 35.4 Å². The van der Waals surface area contributed by atoms with Crippen LogP contribution in [0.4, 0.5) is 32.6 Å². The maximum absolute atomic E-state index is 13.3. The first-order valence-electron chi connectivity index (χ1n) is 48.5. The Labute approximate surface area is 824 Å². The highest BCUT2D eigenvalue weighted by atomic mass is 32.3. The standard InChI is InChI=1S/C24H37F5N4S2.C21H48N4.C17H37F3N4.C17H40N4S2.C15H24N4O2.5CH4/c1-34(25,26)23-9-5-21(6-10-23)19-32-17-3-15-30-13-2-14-31-16-4-18-33-20-22-7-11-24(12-8-22)35(27,28)29;1-5-20(6-2)18-24-16-10-14-22-12-9-13-23-15-11-17-25-19-21(7-3)8-4;1-16(2,3)7-14-23-12-5-10-21-8-4-9-22-11-6-13-24-15-17(18,19)20;1-3-22-16-14-20-12-6-10-18-8-5-9-19-11-7-13-21-15-17-23-4-2;1-3-14(20)18-12-6-10-16-8-5-9-17-11-7-13-19-15(21)4-2;;;;;/h5-12,30-33H,2-4,13-20H2,1H3;20-25H,5-19H2,1-4H3;21-24H,4-15H2,1-3H3;18-21H,3-17H2,1-2H3;1-2,16-17H,5-13H2,(H,18,20)(H,19,21);5*1H4. The Morgan fingerprint density at radius 2 is 0.556 bits per heavy atom. The zero-order chi connectivity index (χ0) is 95.1. The lowest BCUT2D eigenvalue weighted by molar-refractivity contribution is -0.124. The molecule has 0 unspecified atom stereocenters. The zero-order valence-corrected chi connectivity index (χ0v) is 84.5. The van der Waals surface area contributed by atoms with Crippen molar-refractivity contribution in [2.24, 2.45) is 17.3 Å². The summed E-state index contributed by atoms with van der Waals surface area (Å²) < 4.78 is 100. The van der Waals surface area contributed by atoms with E-state index in [1.165, 1.54) is 131 Å². The second kappa shape index (κ2) is 109. The molecular weight excluding hydrogens is 1780 g/mol. The van der Waals surface area contributed by atoms with Crippen molar-refractivity contribution in [1.29, 1.82) is 0 Å². The molecule has 0 fully saturated rings. The number of halogens is 8. The molecule has 22 nitrogen and oxygen atoms in total. The Morgan fingerprint density at radius 1 is 0.331 bits per heavy atom. The van der Waals surface area contributed by atoms with Gasteiger partial charge in [0, 0.05) is 61.9 Å². The monoisotopic (exact) mass is 1990 g/mol. The van der Waals surface area contributed by atoms with Crippen molar-refractivity contribution in [2.75, 3.05) is 265 Å². The number of terminal acetylenes is 2. The van der Waals surface area contributed by atoms with Crippen molar-refractivity contribution in [2.45, 2.75) is 257 Å². The Morgan fingerprint density at radius 3 is 0.782 bits per heavy atom. The summed E-state index contributed by atoms with van der Waals surface area (Å²) in [7, 11) is -3.65. The molecule has 2 aromatic rings. The van der Waals surface area contributed by atoms with Gasteiger partial charge in [-0.1, -0.05) is 149 Å². The molecule has 0 saturated carbocycles. The molecule has 0 aliphatic heterocycles. The number of alkyl halides is 3. The lowest BCUT2D eigenvalue weighted by Crippen LogP contribution is -2.31. The highest BCUT2D eigenvalue weighted by Gasteiger charge is 2.26. The molecule has 2 rings (SSSR count). The fourth-order valence-corrected chi connectivity index (χ4v) is 14.3. The first kappa shape index (κ1) is 145. The molecule has 0 aliphatic rings. The number of hydrogen-bond acceptors (Lipinski definition) is 22. The Hall–Kier alpha value is -3.38. The smallest absolute Gasteiger partial charge is 0.345 e. The second-order valence-corrected chi connectivity index (χ2v) is 38.9. The van der Waals surface area contributed by atoms with E-state index in [2.05, 4.69) is 169 Å². The van der Waals surface area contributed by atoms with Crippen molar-refractivity contribution >= 4 is 57.3 Å². The maximum Gasteiger partial charge on any atom is 0.401 e. The number of hydrogen-bond donors (Lipinski definition) is 20. The van der Waals surface area contributed by atoms with Crippen molar-refractivity contribution < 1.29 is 42.2 Å². The van der Waals surface area contributed by atoms with Crippen molar-refractivity contribution in [1.82, 2.24) is 106 Å². The first-order valence-corrected chi connectivity index (χ1v) is 54.0. The maximum atomic E-state index is 13.3. The highest BCUT2D eigenvalue weighted by Crippen LogP contribution is 2.60. The average Bonchev–Trinajstić information content (AvgIpc) is 0.864. The summed E-state index contributed by atoms with van der Waals surface area (Å²) in [4.78, 5) is 21.1. The molecule has 794 valence electrons. The van der Waals surface area contributed by atoms with E-state index in [0.29, 0.717) is 44.6 Å². The third-order valence-electron chi connectivity index (χ3n) is 20.1. The molecule has 0 aromatic heterocycles. The van der Waals surface area contributed by atoms with Gasteiger partial charge in [0.15, 0.2) is 0 Å². The van der Waals surface area contributed by atoms with E-state index in [9.17, 15) is 42.2 Å². The summed E-state index contributed by atoms with van der Waals surface area (Å²) >= 11 is -1.12. The predicted molar refractivity (Wildman–Crippen MR) is 576 cm³/mol. The summed E-state index contributed by atoms with van der Waals surface area (Å²) in [5, 5.41) is 65.9. The minimum atomic E-state index is -5.14. The van der Waals surface area contributed by atoms with Gasteiger partial charge in [-0.2, -0.15) is 44.5 Å². The third-order valence-corrected chi connectivity index (χ3v) is 23.8. The number of nitrogens with one attached hydrogen (secondary N) is 20. The zero-order valence-electron chi connectivity index (χ0n) is 81.2. The van der Waals surface area contributed by atoms with Crippen molar-refractivity contribution in [3.8, 4) is 24.7 Å². The van der Waals surface area contributed by atoms with E-state index < -0.39 is 39.6 Å². The number of rotatable bonds is 85. The fourth-order valence-electron chi connectivity index (χ4n) is 12.1. The Kier molecular flexibility index (Phi) is 119. The van der Waals surface area contributed by atoms with Gasteiger partial charge < -0.3 is 106 Å². The molecule has 0 aliphatic carbocycles. The van der Waals surface area contributed by atoms with Gasteiger partial charge >= 0.3 is 6.18 Å². The van der Waals surface area contributed by atoms with Crippen LogP contribution in [0.2, 0.25) is 0 Å². The summed E-state index contributed by atoms with van der Waals surface area (Å²) in [6.45, 7) is 55.2. The van der Waals surface area contributed by atoms with Crippen LogP contribution < -0.4 is 106 Å². The van der Waals surface area contributed by atoms with Gasteiger partial charge in [-0.05, 0) is 382 Å². The molecule has 0 saturated heterocycles. The Bertz CT molecular complexity index is 2570. The molecular formula is C99H206F8N20O2S4. The summed E-state index contributed by atoms with van der Waals surface area (Å²) in [5.41, 5.74) is 2.25. The van der Waals surface area contributed by atoms with Gasteiger partial charge in [-0.15, -0.1) is 24.5 Å². The lowest BCUT2D eigenvalue weighted by atomic mass is 9.92. The van der Waals surface area contributed by atoms with E-state index in [1.54, 1.807) is 12.1 Å². The van der Waals surface area contributed by atoms with Crippen LogP contribution in [0.15, 0.2) is 58.3 Å². The predicted octanol–water partition coefficient (Wildman–Crippen LogP) is 16.2. The average molecular weight is 1990 g/mol. The molecule has 0 radical (unpaired) electrons. The number of carbonyl (C=O) groups excluding carboxylic acids is 2. The van der Waals surface area contributed by atoms with Crippen LogP contribution in [-0.2, 0) is 22.7 Å². The largest absolute Gasteiger partial charge is 0.401 e. The van der Waals surface area contributed by atoms with Crippen LogP contribution in [0, 0.1) is 41.9 Å². The lowest BCUT2D eigenvalue weighted by Gasteiger charge is -2.18. The quantitative estimate of drug-likeness (QED) is 0.0167. The minimum Gasteiger partial charge on any atom is -0.345 e. The van der Waals surface area contributed by atoms with E-state index in [0.717, 1.165) is 289 Å².